The highest BCUT2D eigenvalue weighted by Gasteiger charge is 2.15. The van der Waals surface area contributed by atoms with Crippen LogP contribution in [0.4, 0.5) is 4.39 Å². The second-order valence-electron chi connectivity index (χ2n) is 9.68. The molecule has 7 nitrogen and oxygen atoms in total. The molecule has 0 unspecified atom stereocenters. The zero-order chi connectivity index (χ0) is 26.9. The Bertz CT molecular complexity index is 1960. The number of fused-ring (bicyclic) bond motifs is 2. The molecule has 0 fully saturated rings. The molecular weight excluding hydrogens is 501 g/mol. The molecule has 194 valence electrons. The molecule has 8 heteroatoms. The predicted molar refractivity (Wildman–Crippen MR) is 155 cm³/mol. The maximum Gasteiger partial charge on any atom is 0.181 e. The third-order valence-electron chi connectivity index (χ3n) is 6.95. The minimum Gasteiger partial charge on any atom is -0.353 e. The van der Waals surface area contributed by atoms with Gasteiger partial charge in [0.25, 0.3) is 0 Å². The summed E-state index contributed by atoms with van der Waals surface area (Å²) in [6.07, 6.45) is 7.28. The highest BCUT2D eigenvalue weighted by atomic mass is 19.1. The number of H-pyrrole nitrogens is 2. The van der Waals surface area contributed by atoms with Gasteiger partial charge in [-0.05, 0) is 47.5 Å². The van der Waals surface area contributed by atoms with E-state index in [1.54, 1.807) is 12.3 Å². The highest BCUT2D eigenvalue weighted by molar-refractivity contribution is 6.00. The summed E-state index contributed by atoms with van der Waals surface area (Å²) in [6, 6.07) is 24.9. The van der Waals surface area contributed by atoms with Crippen molar-refractivity contribution in [2.45, 2.75) is 13.1 Å². The van der Waals surface area contributed by atoms with Gasteiger partial charge < -0.3 is 10.3 Å². The largest absolute Gasteiger partial charge is 0.353 e. The van der Waals surface area contributed by atoms with Crippen molar-refractivity contribution >= 4 is 21.9 Å². The summed E-state index contributed by atoms with van der Waals surface area (Å²) < 4.78 is 13.9. The maximum absolute atomic E-state index is 13.9. The zero-order valence-corrected chi connectivity index (χ0v) is 21.4. The molecule has 0 spiro atoms. The summed E-state index contributed by atoms with van der Waals surface area (Å²) in [6.45, 7) is 1.50. The van der Waals surface area contributed by atoms with Crippen molar-refractivity contribution in [1.82, 2.24) is 35.5 Å². The minimum absolute atomic E-state index is 0.296. The topological polar surface area (TPSA) is 95.2 Å². The van der Waals surface area contributed by atoms with Gasteiger partial charge in [0, 0.05) is 70.9 Å². The number of pyridine rings is 3. The van der Waals surface area contributed by atoms with E-state index in [2.05, 4.69) is 59.7 Å². The van der Waals surface area contributed by atoms with Gasteiger partial charge in [0.15, 0.2) is 5.65 Å². The molecule has 5 aromatic heterocycles. The Morgan fingerprint density at radius 2 is 1.60 bits per heavy atom. The van der Waals surface area contributed by atoms with Gasteiger partial charge in [0.2, 0.25) is 0 Å². The Morgan fingerprint density at radius 1 is 0.725 bits per heavy atom. The van der Waals surface area contributed by atoms with Crippen LogP contribution in [0.2, 0.25) is 0 Å². The normalized spacial score (nSPS) is 11.4. The first-order chi connectivity index (χ1) is 19.7. The molecule has 5 heterocycles. The number of rotatable bonds is 7. The number of hydrogen-bond acceptors (Lipinski definition) is 5. The van der Waals surface area contributed by atoms with Crippen molar-refractivity contribution in [3.8, 4) is 33.8 Å². The van der Waals surface area contributed by atoms with Crippen molar-refractivity contribution < 1.29 is 4.39 Å². The number of nitrogens with zero attached hydrogens (tertiary/aromatic N) is 4. The quantitative estimate of drug-likeness (QED) is 0.216. The summed E-state index contributed by atoms with van der Waals surface area (Å²) in [5, 5.41) is 12.8. The van der Waals surface area contributed by atoms with Crippen LogP contribution in [0.5, 0.6) is 0 Å². The number of nitrogens with one attached hydrogen (secondary N) is 3. The lowest BCUT2D eigenvalue weighted by Gasteiger charge is -2.07. The second-order valence-corrected chi connectivity index (χ2v) is 9.68. The summed E-state index contributed by atoms with van der Waals surface area (Å²) in [5.41, 5.74) is 8.88. The van der Waals surface area contributed by atoms with Crippen LogP contribution in [0.25, 0.3) is 55.7 Å². The van der Waals surface area contributed by atoms with Gasteiger partial charge in [0.05, 0.1) is 17.1 Å². The Morgan fingerprint density at radius 3 is 2.50 bits per heavy atom. The van der Waals surface area contributed by atoms with Crippen LogP contribution < -0.4 is 5.32 Å². The molecule has 0 atom stereocenters. The van der Waals surface area contributed by atoms with E-state index in [0.717, 1.165) is 56.5 Å². The van der Waals surface area contributed by atoms with Gasteiger partial charge in [-0.2, -0.15) is 5.10 Å². The van der Waals surface area contributed by atoms with Crippen molar-refractivity contribution in [2.24, 2.45) is 0 Å². The number of hydrogen-bond donors (Lipinski definition) is 3. The fraction of sp³-hybridized carbons (Fsp3) is 0.0625. The first-order valence-electron chi connectivity index (χ1n) is 13.0. The molecule has 0 saturated carbocycles. The zero-order valence-electron chi connectivity index (χ0n) is 21.4. The van der Waals surface area contributed by atoms with E-state index in [-0.39, 0.29) is 5.82 Å². The van der Waals surface area contributed by atoms with Crippen LogP contribution in [0, 0.1) is 5.82 Å². The standard InChI is InChI=1S/C32H24FN7/c33-25-8-4-7-22(12-25)30-26-14-29(38-28(26)9-10-36-30)31-27-13-24(19-37-32(27)40-39-31)23-11-21(17-35-18-23)16-34-15-20-5-2-1-3-6-20/h1-14,17-19,34,38H,15-16H2,(H,37,39,40). The molecule has 0 amide bonds. The van der Waals surface area contributed by atoms with Gasteiger partial charge in [-0.1, -0.05) is 42.5 Å². The molecule has 2 aromatic carbocycles. The van der Waals surface area contributed by atoms with Crippen molar-refractivity contribution in [1.29, 1.82) is 0 Å². The average Bonchev–Trinajstić information content (AvgIpc) is 3.62. The van der Waals surface area contributed by atoms with E-state index >= 15 is 0 Å². The van der Waals surface area contributed by atoms with Crippen LogP contribution in [0.15, 0.2) is 104 Å². The third kappa shape index (κ3) is 4.61. The van der Waals surface area contributed by atoms with Crippen LogP contribution in [0.3, 0.4) is 0 Å². The number of aromatic nitrogens is 6. The number of halogens is 1. The van der Waals surface area contributed by atoms with E-state index in [1.165, 1.54) is 17.7 Å². The summed E-state index contributed by atoms with van der Waals surface area (Å²) >= 11 is 0. The minimum atomic E-state index is -0.296. The summed E-state index contributed by atoms with van der Waals surface area (Å²) in [7, 11) is 0. The SMILES string of the molecule is Fc1cccc(-c2nccc3[nH]c(-c4[nH]nc5ncc(-c6cncc(CNCc7ccccc7)c6)cc45)cc23)c1. The first kappa shape index (κ1) is 23.9. The van der Waals surface area contributed by atoms with Gasteiger partial charge in [-0.15, -0.1) is 0 Å². The lowest BCUT2D eigenvalue weighted by Crippen LogP contribution is -2.12. The van der Waals surface area contributed by atoms with E-state index in [1.807, 2.05) is 55.0 Å². The molecule has 0 bridgehead atoms. The molecular formula is C32H24FN7. The molecule has 7 aromatic rings. The fourth-order valence-electron chi connectivity index (χ4n) is 5.01. The molecule has 0 aliphatic heterocycles. The maximum atomic E-state index is 13.9. The molecule has 40 heavy (non-hydrogen) atoms. The Hall–Kier alpha value is -5.21. The lowest BCUT2D eigenvalue weighted by molar-refractivity contribution is 0.628. The Balaban J connectivity index is 1.20. The van der Waals surface area contributed by atoms with Crippen LogP contribution in [-0.4, -0.2) is 30.1 Å². The number of aromatic amines is 2. The molecule has 0 aliphatic carbocycles. The predicted octanol–water partition coefficient (Wildman–Crippen LogP) is 6.66. The van der Waals surface area contributed by atoms with Crippen molar-refractivity contribution in [3.63, 3.8) is 0 Å². The number of benzene rings is 2. The van der Waals surface area contributed by atoms with Gasteiger partial charge in [-0.3, -0.25) is 15.1 Å². The Labute approximate surface area is 229 Å². The van der Waals surface area contributed by atoms with Gasteiger partial charge in [-0.25, -0.2) is 9.37 Å². The van der Waals surface area contributed by atoms with E-state index in [4.69, 9.17) is 0 Å². The van der Waals surface area contributed by atoms with Crippen molar-refractivity contribution in [2.75, 3.05) is 0 Å². The fourth-order valence-corrected chi connectivity index (χ4v) is 5.01. The van der Waals surface area contributed by atoms with Crippen LogP contribution >= 0.6 is 0 Å². The highest BCUT2D eigenvalue weighted by Crippen LogP contribution is 2.34. The molecule has 0 saturated heterocycles. The molecule has 0 aliphatic rings. The van der Waals surface area contributed by atoms with E-state index in [9.17, 15) is 4.39 Å². The van der Waals surface area contributed by atoms with Crippen LogP contribution in [0.1, 0.15) is 11.1 Å². The molecule has 0 radical (unpaired) electrons. The van der Waals surface area contributed by atoms with E-state index < -0.39 is 0 Å². The van der Waals surface area contributed by atoms with Gasteiger partial charge in [0.1, 0.15) is 5.82 Å². The molecule has 7 rings (SSSR count). The lowest BCUT2D eigenvalue weighted by atomic mass is 10.1. The smallest absolute Gasteiger partial charge is 0.181 e. The van der Waals surface area contributed by atoms with Crippen molar-refractivity contribution in [3.05, 3.63) is 121 Å². The second kappa shape index (κ2) is 10.2. The first-order valence-corrected chi connectivity index (χ1v) is 13.0. The van der Waals surface area contributed by atoms with Crippen LogP contribution in [-0.2, 0) is 13.1 Å². The third-order valence-corrected chi connectivity index (χ3v) is 6.95. The summed E-state index contributed by atoms with van der Waals surface area (Å²) in [4.78, 5) is 17.1. The average molecular weight is 526 g/mol. The van der Waals surface area contributed by atoms with E-state index in [0.29, 0.717) is 17.9 Å². The monoisotopic (exact) mass is 525 g/mol. The van der Waals surface area contributed by atoms with Gasteiger partial charge >= 0.3 is 0 Å². The summed E-state index contributed by atoms with van der Waals surface area (Å²) in [5.74, 6) is -0.296. The Kier molecular flexibility index (Phi) is 6.07. The molecule has 3 N–H and O–H groups in total.